The third-order valence-electron chi connectivity index (χ3n) is 5.80. The van der Waals surface area contributed by atoms with Crippen LogP contribution in [0.2, 0.25) is 0 Å². The number of Topliss-reactive ketones (excluding diaryl/α,β-unsaturated/α-hetero) is 1. The van der Waals surface area contributed by atoms with Crippen LogP contribution in [-0.2, 0) is 6.42 Å². The van der Waals surface area contributed by atoms with Crippen LogP contribution in [-0.4, -0.2) is 31.4 Å². The SMILES string of the molecule is CC1(C)CC(=O)c2c([nH]c(-c3ccnc(-n4ccc(C(N)=O)n4)c3)c2Nc2ccccc2)C1. The van der Waals surface area contributed by atoms with E-state index >= 15 is 0 Å². The second-order valence-corrected chi connectivity index (χ2v) is 9.07. The summed E-state index contributed by atoms with van der Waals surface area (Å²) in [6, 6.07) is 15.1. The van der Waals surface area contributed by atoms with E-state index in [4.69, 9.17) is 5.73 Å². The Morgan fingerprint density at radius 1 is 1.15 bits per heavy atom. The molecule has 3 heterocycles. The Bertz CT molecular complexity index is 1370. The molecule has 8 nitrogen and oxygen atoms in total. The van der Waals surface area contributed by atoms with Crippen LogP contribution in [0.4, 0.5) is 11.4 Å². The molecule has 1 aromatic carbocycles. The molecular weight excluding hydrogens is 416 g/mol. The van der Waals surface area contributed by atoms with E-state index in [0.717, 1.165) is 34.7 Å². The largest absolute Gasteiger partial charge is 0.364 e. The number of primary amides is 1. The van der Waals surface area contributed by atoms with Crippen molar-refractivity contribution in [3.63, 3.8) is 0 Å². The van der Waals surface area contributed by atoms with E-state index in [1.54, 1.807) is 18.5 Å². The number of nitrogens with one attached hydrogen (secondary N) is 2. The molecule has 0 bridgehead atoms. The zero-order valence-electron chi connectivity index (χ0n) is 18.4. The van der Waals surface area contributed by atoms with Gasteiger partial charge in [-0.3, -0.25) is 9.59 Å². The third kappa shape index (κ3) is 3.91. The van der Waals surface area contributed by atoms with Crippen molar-refractivity contribution in [2.75, 3.05) is 5.32 Å². The maximum Gasteiger partial charge on any atom is 0.269 e. The molecule has 0 saturated heterocycles. The van der Waals surface area contributed by atoms with E-state index in [-0.39, 0.29) is 16.9 Å². The van der Waals surface area contributed by atoms with Crippen LogP contribution in [0.3, 0.4) is 0 Å². The lowest BCUT2D eigenvalue weighted by Gasteiger charge is -2.28. The zero-order chi connectivity index (χ0) is 23.2. The van der Waals surface area contributed by atoms with Crippen LogP contribution in [0.1, 0.15) is 46.8 Å². The lowest BCUT2D eigenvalue weighted by molar-refractivity contribution is 0.0912. The molecule has 3 aromatic heterocycles. The fraction of sp³-hybridized carbons (Fsp3) is 0.200. The van der Waals surface area contributed by atoms with Gasteiger partial charge in [0.05, 0.1) is 16.9 Å². The molecular formula is C25H24N6O2. The number of hydrogen-bond acceptors (Lipinski definition) is 5. The van der Waals surface area contributed by atoms with Crippen LogP contribution in [0.15, 0.2) is 60.9 Å². The van der Waals surface area contributed by atoms with Gasteiger partial charge >= 0.3 is 0 Å². The Kier molecular flexibility index (Phi) is 4.85. The van der Waals surface area contributed by atoms with Gasteiger partial charge in [-0.2, -0.15) is 5.10 Å². The van der Waals surface area contributed by atoms with Gasteiger partial charge in [-0.05, 0) is 42.2 Å². The number of carbonyl (C=O) groups is 2. The van der Waals surface area contributed by atoms with Crippen molar-refractivity contribution >= 4 is 23.1 Å². The van der Waals surface area contributed by atoms with Crippen molar-refractivity contribution in [3.8, 4) is 17.1 Å². The Hall–Kier alpha value is -4.20. The van der Waals surface area contributed by atoms with Crippen molar-refractivity contribution in [2.24, 2.45) is 11.1 Å². The molecule has 0 radical (unpaired) electrons. The summed E-state index contributed by atoms with van der Waals surface area (Å²) in [5.74, 6) is 0.0527. The summed E-state index contributed by atoms with van der Waals surface area (Å²) in [5.41, 5.74) is 10.3. The fourth-order valence-electron chi connectivity index (χ4n) is 4.35. The molecule has 8 heteroatoms. The van der Waals surface area contributed by atoms with Crippen LogP contribution in [0, 0.1) is 5.41 Å². The molecule has 4 N–H and O–H groups in total. The molecule has 5 rings (SSSR count). The van der Waals surface area contributed by atoms with Gasteiger partial charge in [0.25, 0.3) is 5.91 Å². The molecule has 1 amide bonds. The Morgan fingerprint density at radius 3 is 2.67 bits per heavy atom. The van der Waals surface area contributed by atoms with Crippen molar-refractivity contribution < 1.29 is 9.59 Å². The first-order valence-electron chi connectivity index (χ1n) is 10.7. The number of benzene rings is 1. The Labute approximate surface area is 190 Å². The maximum atomic E-state index is 13.2. The highest BCUT2D eigenvalue weighted by Crippen LogP contribution is 2.43. The quantitative estimate of drug-likeness (QED) is 0.428. The predicted octanol–water partition coefficient (Wildman–Crippen LogP) is 4.26. The number of H-pyrrole nitrogens is 1. The Morgan fingerprint density at radius 2 is 1.94 bits per heavy atom. The van der Waals surface area contributed by atoms with Gasteiger partial charge in [-0.15, -0.1) is 0 Å². The van der Waals surface area contributed by atoms with E-state index in [2.05, 4.69) is 34.2 Å². The monoisotopic (exact) mass is 440 g/mol. The first-order chi connectivity index (χ1) is 15.8. The van der Waals surface area contributed by atoms with Gasteiger partial charge in [-0.1, -0.05) is 32.0 Å². The van der Waals surface area contributed by atoms with Gasteiger partial charge in [0, 0.05) is 35.8 Å². The lowest BCUT2D eigenvalue weighted by Crippen LogP contribution is -2.26. The van der Waals surface area contributed by atoms with E-state index in [1.165, 1.54) is 4.68 Å². The van der Waals surface area contributed by atoms with Crippen molar-refractivity contribution in [1.82, 2.24) is 19.7 Å². The number of nitrogens with two attached hydrogens (primary N) is 1. The normalized spacial score (nSPS) is 14.7. The van der Waals surface area contributed by atoms with Gasteiger partial charge < -0.3 is 16.0 Å². The van der Waals surface area contributed by atoms with E-state index in [0.29, 0.717) is 17.8 Å². The summed E-state index contributed by atoms with van der Waals surface area (Å²) >= 11 is 0. The molecule has 4 aromatic rings. The van der Waals surface area contributed by atoms with Gasteiger partial charge in [0.2, 0.25) is 0 Å². The predicted molar refractivity (Wildman–Crippen MR) is 126 cm³/mol. The van der Waals surface area contributed by atoms with Crippen molar-refractivity contribution in [1.29, 1.82) is 0 Å². The molecule has 0 spiro atoms. The molecule has 0 saturated carbocycles. The lowest BCUT2D eigenvalue weighted by atomic mass is 9.76. The van der Waals surface area contributed by atoms with Crippen LogP contribution in [0.5, 0.6) is 0 Å². The second kappa shape index (κ2) is 7.74. The highest BCUT2D eigenvalue weighted by molar-refractivity contribution is 6.07. The maximum absolute atomic E-state index is 13.2. The van der Waals surface area contributed by atoms with Crippen molar-refractivity contribution in [2.45, 2.75) is 26.7 Å². The van der Waals surface area contributed by atoms with E-state index in [1.807, 2.05) is 42.5 Å². The number of anilines is 2. The van der Waals surface area contributed by atoms with Crippen LogP contribution in [0.25, 0.3) is 17.1 Å². The molecule has 0 unspecified atom stereocenters. The first-order valence-corrected chi connectivity index (χ1v) is 10.7. The minimum atomic E-state index is -0.600. The zero-order valence-corrected chi connectivity index (χ0v) is 18.4. The number of para-hydroxylation sites is 1. The number of carbonyl (C=O) groups excluding carboxylic acids is 2. The number of aromatic amines is 1. The second-order valence-electron chi connectivity index (χ2n) is 9.07. The first kappa shape index (κ1) is 20.7. The summed E-state index contributed by atoms with van der Waals surface area (Å²) in [4.78, 5) is 32.5. The summed E-state index contributed by atoms with van der Waals surface area (Å²) in [5, 5.41) is 7.66. The van der Waals surface area contributed by atoms with E-state index in [9.17, 15) is 9.59 Å². The van der Waals surface area contributed by atoms with Crippen LogP contribution < -0.4 is 11.1 Å². The van der Waals surface area contributed by atoms with E-state index < -0.39 is 5.91 Å². The van der Waals surface area contributed by atoms with Crippen LogP contribution >= 0.6 is 0 Å². The highest BCUT2D eigenvalue weighted by atomic mass is 16.1. The number of nitrogens with zero attached hydrogens (tertiary/aromatic N) is 3. The number of amides is 1. The fourth-order valence-corrected chi connectivity index (χ4v) is 4.35. The van der Waals surface area contributed by atoms with Gasteiger partial charge in [0.1, 0.15) is 5.69 Å². The number of fused-ring (bicyclic) bond motifs is 1. The molecule has 0 aliphatic heterocycles. The number of pyridine rings is 1. The van der Waals surface area contributed by atoms with Gasteiger partial charge in [-0.25, -0.2) is 9.67 Å². The summed E-state index contributed by atoms with van der Waals surface area (Å²) in [7, 11) is 0. The molecule has 1 aliphatic rings. The molecule has 0 atom stereocenters. The average molecular weight is 441 g/mol. The summed E-state index contributed by atoms with van der Waals surface area (Å²) in [6.07, 6.45) is 4.58. The smallest absolute Gasteiger partial charge is 0.269 e. The minimum Gasteiger partial charge on any atom is -0.364 e. The summed E-state index contributed by atoms with van der Waals surface area (Å²) in [6.45, 7) is 4.22. The molecule has 166 valence electrons. The van der Waals surface area contributed by atoms with Gasteiger partial charge in [0.15, 0.2) is 11.6 Å². The highest BCUT2D eigenvalue weighted by Gasteiger charge is 2.35. The standard InChI is InChI=1S/C25H24N6O2/c1-25(2)13-18-21(19(32)14-25)23(28-16-6-4-3-5-7-16)22(29-18)15-8-10-27-20(12-15)31-11-9-17(30-31)24(26)33/h3-12,28-29H,13-14H2,1-2H3,(H2,26,33). The minimum absolute atomic E-state index is 0.111. The molecule has 33 heavy (non-hydrogen) atoms. The molecule has 1 aliphatic carbocycles. The Balaban J connectivity index is 1.63. The summed E-state index contributed by atoms with van der Waals surface area (Å²) < 4.78 is 1.50. The topological polar surface area (TPSA) is 119 Å². The third-order valence-corrected chi connectivity index (χ3v) is 5.80. The number of ketones is 1. The number of aromatic nitrogens is 4. The number of rotatable bonds is 5. The average Bonchev–Trinajstić information content (AvgIpc) is 3.40. The molecule has 0 fully saturated rings. The number of hydrogen-bond donors (Lipinski definition) is 3. The van der Waals surface area contributed by atoms with Crippen molar-refractivity contribution in [3.05, 3.63) is 77.9 Å².